The number of nitrogens with zero attached hydrogens (tertiary/aromatic N) is 3. The molecule has 3 rings (SSSR count). The maximum absolute atomic E-state index is 11.1. The van der Waals surface area contributed by atoms with Crippen LogP contribution >= 0.6 is 0 Å². The molecule has 0 aliphatic carbocycles. The minimum Gasteiger partial charge on any atom is -0.326 e. The fraction of sp³-hybridized carbons (Fsp3) is 0.389. The van der Waals surface area contributed by atoms with Crippen molar-refractivity contribution < 1.29 is 4.79 Å². The van der Waals surface area contributed by atoms with Crippen LogP contribution in [0.3, 0.4) is 0 Å². The van der Waals surface area contributed by atoms with Gasteiger partial charge in [0.15, 0.2) is 0 Å². The number of nitrogens with one attached hydrogen (secondary N) is 1. The largest absolute Gasteiger partial charge is 0.326 e. The first kappa shape index (κ1) is 15.6. The zero-order chi connectivity index (χ0) is 16.1. The molecule has 1 atom stereocenters. The predicted octanol–water partition coefficient (Wildman–Crippen LogP) is 3.16. The molecule has 23 heavy (non-hydrogen) atoms. The number of hydrogen-bond acceptors (Lipinski definition) is 4. The lowest BCUT2D eigenvalue weighted by Crippen LogP contribution is -2.33. The maximum Gasteiger partial charge on any atom is 0.221 e. The quantitative estimate of drug-likeness (QED) is 0.942. The number of anilines is 1. The Morgan fingerprint density at radius 2 is 2.09 bits per heavy atom. The van der Waals surface area contributed by atoms with E-state index < -0.39 is 0 Å². The second kappa shape index (κ2) is 7.33. The van der Waals surface area contributed by atoms with Gasteiger partial charge in [-0.1, -0.05) is 18.6 Å². The molecule has 0 spiro atoms. The van der Waals surface area contributed by atoms with Crippen LogP contribution in [0.2, 0.25) is 0 Å². The molecule has 0 unspecified atom stereocenters. The molecule has 1 aromatic carbocycles. The fourth-order valence-electron chi connectivity index (χ4n) is 3.14. The van der Waals surface area contributed by atoms with Crippen LogP contribution < -0.4 is 5.32 Å². The van der Waals surface area contributed by atoms with E-state index in [0.29, 0.717) is 6.04 Å². The van der Waals surface area contributed by atoms with E-state index in [9.17, 15) is 4.79 Å². The standard InChI is InChI=1S/C18H22N4O/c1-14(23)21-16-7-5-15(6-8-16)12-22-11-3-2-4-18(22)17-9-10-19-13-20-17/h5-10,13,18H,2-4,11-12H2,1H3,(H,21,23)/t18-/m1/s1. The van der Waals surface area contributed by atoms with Crippen molar-refractivity contribution in [1.82, 2.24) is 14.9 Å². The molecular weight excluding hydrogens is 288 g/mol. The third kappa shape index (κ3) is 4.13. The lowest BCUT2D eigenvalue weighted by atomic mass is 9.98. The molecule has 1 saturated heterocycles. The Hall–Kier alpha value is -2.27. The van der Waals surface area contributed by atoms with Crippen LogP contribution in [0.15, 0.2) is 42.9 Å². The number of rotatable bonds is 4. The first-order valence-corrected chi connectivity index (χ1v) is 8.09. The monoisotopic (exact) mass is 310 g/mol. The summed E-state index contributed by atoms with van der Waals surface area (Å²) in [5, 5.41) is 2.80. The highest BCUT2D eigenvalue weighted by atomic mass is 16.1. The summed E-state index contributed by atoms with van der Waals surface area (Å²) in [4.78, 5) is 22.0. The van der Waals surface area contributed by atoms with Gasteiger partial charge < -0.3 is 5.32 Å². The topological polar surface area (TPSA) is 58.1 Å². The Balaban J connectivity index is 1.71. The number of hydrogen-bond donors (Lipinski definition) is 1. The summed E-state index contributed by atoms with van der Waals surface area (Å²) in [7, 11) is 0. The van der Waals surface area contributed by atoms with Gasteiger partial charge in [0.1, 0.15) is 6.33 Å². The molecule has 1 aliphatic rings. The first-order chi connectivity index (χ1) is 11.2. The summed E-state index contributed by atoms with van der Waals surface area (Å²) in [6, 6.07) is 10.5. The Morgan fingerprint density at radius 3 is 2.78 bits per heavy atom. The smallest absolute Gasteiger partial charge is 0.221 e. The van der Waals surface area contributed by atoms with Gasteiger partial charge in [0.2, 0.25) is 5.91 Å². The van der Waals surface area contributed by atoms with Gasteiger partial charge in [0, 0.05) is 25.4 Å². The van der Waals surface area contributed by atoms with Gasteiger partial charge in [-0.15, -0.1) is 0 Å². The van der Waals surface area contributed by atoms with Crippen molar-refractivity contribution >= 4 is 11.6 Å². The normalized spacial score (nSPS) is 18.6. The molecular formula is C18H22N4O. The molecule has 1 fully saturated rings. The Morgan fingerprint density at radius 1 is 1.26 bits per heavy atom. The molecule has 1 N–H and O–H groups in total. The molecule has 1 aliphatic heterocycles. The number of amides is 1. The molecule has 5 nitrogen and oxygen atoms in total. The Kier molecular flexibility index (Phi) is 4.98. The van der Waals surface area contributed by atoms with Crippen molar-refractivity contribution in [1.29, 1.82) is 0 Å². The SMILES string of the molecule is CC(=O)Nc1ccc(CN2CCCC[C@@H]2c2ccncn2)cc1. The van der Waals surface area contributed by atoms with Crippen LogP contribution in [0.1, 0.15) is 43.5 Å². The van der Waals surface area contributed by atoms with Crippen molar-refractivity contribution in [2.24, 2.45) is 0 Å². The lowest BCUT2D eigenvalue weighted by Gasteiger charge is -2.35. The van der Waals surface area contributed by atoms with E-state index in [-0.39, 0.29) is 5.91 Å². The van der Waals surface area contributed by atoms with Crippen LogP contribution in [0.4, 0.5) is 5.69 Å². The third-order valence-corrected chi connectivity index (χ3v) is 4.22. The van der Waals surface area contributed by atoms with E-state index in [2.05, 4.69) is 32.3 Å². The summed E-state index contributed by atoms with van der Waals surface area (Å²) < 4.78 is 0. The van der Waals surface area contributed by atoms with Crippen molar-refractivity contribution in [3.05, 3.63) is 54.1 Å². The Bertz CT molecular complexity index is 642. The molecule has 0 radical (unpaired) electrons. The number of aromatic nitrogens is 2. The van der Waals surface area contributed by atoms with Crippen molar-refractivity contribution in [2.45, 2.75) is 38.8 Å². The van der Waals surface area contributed by atoms with Crippen LogP contribution in [0, 0.1) is 0 Å². The number of carbonyl (C=O) groups excluding carboxylic acids is 1. The lowest BCUT2D eigenvalue weighted by molar-refractivity contribution is -0.114. The summed E-state index contributed by atoms with van der Waals surface area (Å²) in [5.74, 6) is -0.0439. The summed E-state index contributed by atoms with van der Waals surface area (Å²) >= 11 is 0. The second-order valence-corrected chi connectivity index (χ2v) is 5.99. The van der Waals surface area contributed by atoms with Crippen LogP contribution in [-0.2, 0) is 11.3 Å². The zero-order valence-electron chi connectivity index (χ0n) is 13.4. The Labute approximate surface area is 136 Å². The van der Waals surface area contributed by atoms with Gasteiger partial charge in [-0.05, 0) is 43.1 Å². The van der Waals surface area contributed by atoms with E-state index in [0.717, 1.165) is 30.9 Å². The molecule has 1 amide bonds. The molecule has 2 heterocycles. The molecule has 1 aromatic heterocycles. The minimum atomic E-state index is -0.0439. The summed E-state index contributed by atoms with van der Waals surface area (Å²) in [6.45, 7) is 3.51. The molecule has 0 bridgehead atoms. The number of carbonyl (C=O) groups is 1. The zero-order valence-corrected chi connectivity index (χ0v) is 13.4. The van der Waals surface area contributed by atoms with Gasteiger partial charge in [0.05, 0.1) is 11.7 Å². The number of piperidine rings is 1. The molecule has 2 aromatic rings. The third-order valence-electron chi connectivity index (χ3n) is 4.22. The van der Waals surface area contributed by atoms with Crippen LogP contribution in [0.5, 0.6) is 0 Å². The fourth-order valence-corrected chi connectivity index (χ4v) is 3.14. The van der Waals surface area contributed by atoms with Gasteiger partial charge in [-0.25, -0.2) is 9.97 Å². The van der Waals surface area contributed by atoms with Gasteiger partial charge >= 0.3 is 0 Å². The van der Waals surface area contributed by atoms with Gasteiger partial charge in [-0.3, -0.25) is 9.69 Å². The van der Waals surface area contributed by atoms with Crippen LogP contribution in [-0.4, -0.2) is 27.3 Å². The van der Waals surface area contributed by atoms with E-state index in [1.165, 1.54) is 25.3 Å². The minimum absolute atomic E-state index is 0.0439. The van der Waals surface area contributed by atoms with E-state index in [4.69, 9.17) is 0 Å². The number of likely N-dealkylation sites (tertiary alicyclic amines) is 1. The number of benzene rings is 1. The van der Waals surface area contributed by atoms with Crippen molar-refractivity contribution in [2.75, 3.05) is 11.9 Å². The average Bonchev–Trinajstić information content (AvgIpc) is 2.57. The first-order valence-electron chi connectivity index (χ1n) is 8.09. The van der Waals surface area contributed by atoms with Crippen LogP contribution in [0.25, 0.3) is 0 Å². The molecule has 5 heteroatoms. The van der Waals surface area contributed by atoms with Crippen molar-refractivity contribution in [3.8, 4) is 0 Å². The predicted molar refractivity (Wildman–Crippen MR) is 89.8 cm³/mol. The van der Waals surface area contributed by atoms with Gasteiger partial charge in [0.25, 0.3) is 0 Å². The van der Waals surface area contributed by atoms with E-state index in [1.54, 1.807) is 6.33 Å². The summed E-state index contributed by atoms with van der Waals surface area (Å²) in [5.41, 5.74) is 3.20. The highest BCUT2D eigenvalue weighted by Crippen LogP contribution is 2.30. The molecule has 120 valence electrons. The van der Waals surface area contributed by atoms with Gasteiger partial charge in [-0.2, -0.15) is 0 Å². The van der Waals surface area contributed by atoms with Crippen molar-refractivity contribution in [3.63, 3.8) is 0 Å². The molecule has 0 saturated carbocycles. The second-order valence-electron chi connectivity index (χ2n) is 5.99. The summed E-state index contributed by atoms with van der Waals surface area (Å²) in [6.07, 6.45) is 7.06. The van der Waals surface area contributed by atoms with E-state index >= 15 is 0 Å². The highest BCUT2D eigenvalue weighted by molar-refractivity contribution is 5.88. The van der Waals surface area contributed by atoms with E-state index in [1.807, 2.05) is 24.4 Å². The average molecular weight is 310 g/mol. The maximum atomic E-state index is 11.1. The highest BCUT2D eigenvalue weighted by Gasteiger charge is 2.24.